The molecule has 0 unspecified atom stereocenters. The number of halogens is 3. The molecule has 2 aromatic rings. The molecule has 1 amide bonds. The van der Waals surface area contributed by atoms with Crippen molar-refractivity contribution in [1.29, 1.82) is 0 Å². The van der Waals surface area contributed by atoms with E-state index in [1.807, 2.05) is 18.2 Å². The average Bonchev–Trinajstić information content (AvgIpc) is 3.05. The summed E-state index contributed by atoms with van der Waals surface area (Å²) in [6, 6.07) is 9.08. The van der Waals surface area contributed by atoms with E-state index in [0.29, 0.717) is 17.6 Å². The Labute approximate surface area is 133 Å². The van der Waals surface area contributed by atoms with Crippen molar-refractivity contribution in [1.82, 2.24) is 14.9 Å². The maximum absolute atomic E-state index is 12.6. The summed E-state index contributed by atoms with van der Waals surface area (Å²) in [6.07, 6.45) is -4.19. The minimum atomic E-state index is -4.68. The van der Waals surface area contributed by atoms with E-state index in [1.54, 1.807) is 17.0 Å². The molecule has 10 heteroatoms. The number of aromatic nitrogens is 3. The Bertz CT molecular complexity index is 718. The van der Waals surface area contributed by atoms with E-state index in [-0.39, 0.29) is 11.1 Å². The maximum atomic E-state index is 12.6. The highest BCUT2D eigenvalue weighted by atomic mass is 32.2. The van der Waals surface area contributed by atoms with E-state index < -0.39 is 17.3 Å². The molecule has 0 aliphatic carbocycles. The van der Waals surface area contributed by atoms with Crippen LogP contribution in [0, 0.1) is 0 Å². The highest BCUT2D eigenvalue weighted by Crippen LogP contribution is 2.34. The van der Waals surface area contributed by atoms with Crippen molar-refractivity contribution < 1.29 is 18.0 Å². The number of thioether (sulfide) groups is 1. The molecule has 1 fully saturated rings. The third kappa shape index (κ3) is 2.98. The standard InChI is InChI=1S/C13H12F3N5OS/c14-13(15,16)11-18-19-12(21(11)17)23-9-6-7-20(10(9)22)8-4-2-1-3-5-8/h1-5,9H,6-7,17H2/t9-/m1/s1. The van der Waals surface area contributed by atoms with Crippen LogP contribution in [0.1, 0.15) is 12.2 Å². The number of benzene rings is 1. The Morgan fingerprint density at radius 1 is 1.22 bits per heavy atom. The number of nitrogen functional groups attached to an aromatic ring is 1. The van der Waals surface area contributed by atoms with Gasteiger partial charge in [0.2, 0.25) is 11.1 Å². The Balaban J connectivity index is 1.75. The number of para-hydroxylation sites is 1. The molecule has 2 heterocycles. The van der Waals surface area contributed by atoms with Crippen molar-refractivity contribution in [3.63, 3.8) is 0 Å². The molecule has 1 aliphatic rings. The predicted octanol–water partition coefficient (Wildman–Crippen LogP) is 1.91. The van der Waals surface area contributed by atoms with Crippen molar-refractivity contribution in [3.8, 4) is 0 Å². The third-order valence-electron chi connectivity index (χ3n) is 3.39. The van der Waals surface area contributed by atoms with Crippen molar-refractivity contribution in [3.05, 3.63) is 36.2 Å². The highest BCUT2D eigenvalue weighted by molar-refractivity contribution is 8.00. The lowest BCUT2D eigenvalue weighted by Gasteiger charge is -2.16. The number of nitrogens with zero attached hydrogens (tertiary/aromatic N) is 4. The molecule has 1 aromatic heterocycles. The van der Waals surface area contributed by atoms with Crippen LogP contribution in [0.4, 0.5) is 18.9 Å². The average molecular weight is 343 g/mol. The zero-order valence-corrected chi connectivity index (χ0v) is 12.5. The largest absolute Gasteiger partial charge is 0.453 e. The van der Waals surface area contributed by atoms with E-state index in [0.717, 1.165) is 17.4 Å². The Hall–Kier alpha value is -2.23. The summed E-state index contributed by atoms with van der Waals surface area (Å²) in [6.45, 7) is 0.491. The van der Waals surface area contributed by atoms with Gasteiger partial charge in [0.15, 0.2) is 0 Å². The maximum Gasteiger partial charge on any atom is 0.453 e. The molecule has 3 rings (SSSR count). The van der Waals surface area contributed by atoms with Crippen LogP contribution in [0.3, 0.4) is 0 Å². The van der Waals surface area contributed by atoms with Gasteiger partial charge in [0.1, 0.15) is 0 Å². The van der Waals surface area contributed by atoms with E-state index in [1.165, 1.54) is 0 Å². The van der Waals surface area contributed by atoms with Gasteiger partial charge < -0.3 is 10.7 Å². The lowest BCUT2D eigenvalue weighted by Crippen LogP contribution is -2.28. The number of carbonyl (C=O) groups is 1. The van der Waals surface area contributed by atoms with Crippen molar-refractivity contribution in [2.75, 3.05) is 17.3 Å². The van der Waals surface area contributed by atoms with Gasteiger partial charge in [-0.3, -0.25) is 4.79 Å². The number of alkyl halides is 3. The number of rotatable bonds is 3. The van der Waals surface area contributed by atoms with Crippen LogP contribution in [0.15, 0.2) is 35.5 Å². The SMILES string of the molecule is Nn1c(S[C@@H]2CCN(c3ccccc3)C2=O)nnc1C(F)(F)F. The minimum Gasteiger partial charge on any atom is -0.335 e. The molecule has 6 nitrogen and oxygen atoms in total. The Morgan fingerprint density at radius 3 is 2.52 bits per heavy atom. The zero-order chi connectivity index (χ0) is 16.6. The summed E-state index contributed by atoms with van der Waals surface area (Å²) in [5, 5.41) is 5.81. The molecule has 0 spiro atoms. The van der Waals surface area contributed by atoms with Gasteiger partial charge in [-0.2, -0.15) is 13.2 Å². The number of hydrogen-bond donors (Lipinski definition) is 1. The fraction of sp³-hybridized carbons (Fsp3) is 0.308. The molecule has 0 radical (unpaired) electrons. The second-order valence-electron chi connectivity index (χ2n) is 4.89. The van der Waals surface area contributed by atoms with Gasteiger partial charge in [-0.1, -0.05) is 30.0 Å². The molecule has 1 saturated heterocycles. The van der Waals surface area contributed by atoms with Gasteiger partial charge in [-0.05, 0) is 18.6 Å². The number of amides is 1. The molecule has 1 atom stereocenters. The lowest BCUT2D eigenvalue weighted by molar-refractivity contribution is -0.146. The number of hydrogen-bond acceptors (Lipinski definition) is 5. The smallest absolute Gasteiger partial charge is 0.335 e. The number of carbonyl (C=O) groups excluding carboxylic acids is 1. The van der Waals surface area contributed by atoms with E-state index in [4.69, 9.17) is 5.84 Å². The Morgan fingerprint density at radius 2 is 1.91 bits per heavy atom. The van der Waals surface area contributed by atoms with Crippen LogP contribution in [-0.2, 0) is 11.0 Å². The quantitative estimate of drug-likeness (QED) is 0.862. The normalized spacial score (nSPS) is 18.7. The summed E-state index contributed by atoms with van der Waals surface area (Å²) >= 11 is 0.894. The van der Waals surface area contributed by atoms with Gasteiger partial charge in [0, 0.05) is 12.2 Å². The fourth-order valence-electron chi connectivity index (χ4n) is 2.31. The molecule has 1 aliphatic heterocycles. The molecule has 0 bridgehead atoms. The van der Waals surface area contributed by atoms with Crippen LogP contribution < -0.4 is 10.7 Å². The molecular formula is C13H12F3N5OS. The Kier molecular flexibility index (Phi) is 3.92. The molecule has 0 saturated carbocycles. The van der Waals surface area contributed by atoms with Crippen LogP contribution in [0.25, 0.3) is 0 Å². The number of nitrogens with two attached hydrogens (primary N) is 1. The fourth-order valence-corrected chi connectivity index (χ4v) is 3.30. The topological polar surface area (TPSA) is 77.0 Å². The van der Waals surface area contributed by atoms with Gasteiger partial charge >= 0.3 is 6.18 Å². The molecule has 23 heavy (non-hydrogen) atoms. The van der Waals surface area contributed by atoms with Gasteiger partial charge in [-0.25, -0.2) is 4.68 Å². The van der Waals surface area contributed by atoms with Crippen molar-refractivity contribution in [2.45, 2.75) is 23.0 Å². The van der Waals surface area contributed by atoms with Crippen LogP contribution in [-0.4, -0.2) is 32.6 Å². The summed E-state index contributed by atoms with van der Waals surface area (Å²) in [5.41, 5.74) is 0.755. The van der Waals surface area contributed by atoms with Gasteiger partial charge in [-0.15, -0.1) is 10.2 Å². The van der Waals surface area contributed by atoms with E-state index >= 15 is 0 Å². The first-order valence-corrected chi connectivity index (χ1v) is 7.56. The van der Waals surface area contributed by atoms with Gasteiger partial charge in [0.05, 0.1) is 5.25 Å². The molecule has 2 N–H and O–H groups in total. The third-order valence-corrected chi connectivity index (χ3v) is 4.60. The summed E-state index contributed by atoms with van der Waals surface area (Å²) in [5.74, 6) is 3.92. The molecule has 122 valence electrons. The number of anilines is 1. The molecule has 1 aromatic carbocycles. The van der Waals surface area contributed by atoms with E-state index in [2.05, 4.69) is 10.2 Å². The summed E-state index contributed by atoms with van der Waals surface area (Å²) in [4.78, 5) is 14.0. The first-order valence-electron chi connectivity index (χ1n) is 6.68. The predicted molar refractivity (Wildman–Crippen MR) is 78.2 cm³/mol. The highest BCUT2D eigenvalue weighted by Gasteiger charge is 2.40. The first-order chi connectivity index (χ1) is 10.9. The lowest BCUT2D eigenvalue weighted by atomic mass is 10.3. The van der Waals surface area contributed by atoms with Crippen LogP contribution in [0.2, 0.25) is 0 Å². The minimum absolute atomic E-state index is 0.134. The summed E-state index contributed by atoms with van der Waals surface area (Å²) < 4.78 is 38.3. The monoisotopic (exact) mass is 343 g/mol. The first kappa shape index (κ1) is 15.7. The van der Waals surface area contributed by atoms with E-state index in [9.17, 15) is 18.0 Å². The van der Waals surface area contributed by atoms with Crippen LogP contribution >= 0.6 is 11.8 Å². The van der Waals surface area contributed by atoms with Gasteiger partial charge in [0.25, 0.3) is 5.82 Å². The van der Waals surface area contributed by atoms with Crippen molar-refractivity contribution in [2.24, 2.45) is 0 Å². The molecular weight excluding hydrogens is 331 g/mol. The second-order valence-corrected chi connectivity index (χ2v) is 6.06. The van der Waals surface area contributed by atoms with Crippen LogP contribution in [0.5, 0.6) is 0 Å². The summed E-state index contributed by atoms with van der Waals surface area (Å²) in [7, 11) is 0. The van der Waals surface area contributed by atoms with Crippen molar-refractivity contribution >= 4 is 23.4 Å². The second kappa shape index (κ2) is 5.76. The zero-order valence-electron chi connectivity index (χ0n) is 11.7.